The third-order valence-corrected chi connectivity index (χ3v) is 4.54. The topological polar surface area (TPSA) is 64.2 Å². The molecule has 1 aliphatic rings. The van der Waals surface area contributed by atoms with E-state index in [1.54, 1.807) is 23.1 Å². The molecule has 1 aliphatic heterocycles. The van der Waals surface area contributed by atoms with Crippen molar-refractivity contribution < 1.29 is 9.18 Å². The van der Waals surface area contributed by atoms with Crippen LogP contribution < -0.4 is 5.73 Å². The summed E-state index contributed by atoms with van der Waals surface area (Å²) in [6, 6.07) is 6.17. The van der Waals surface area contributed by atoms with Gasteiger partial charge < -0.3 is 15.2 Å². The van der Waals surface area contributed by atoms with Crippen LogP contribution in [0.4, 0.5) is 4.39 Å². The molecule has 0 unspecified atom stereocenters. The van der Waals surface area contributed by atoms with Gasteiger partial charge in [-0.15, -0.1) is 0 Å². The minimum atomic E-state index is -0.387. The smallest absolute Gasteiger partial charge is 0.224 e. The van der Waals surface area contributed by atoms with E-state index >= 15 is 0 Å². The van der Waals surface area contributed by atoms with E-state index < -0.39 is 0 Å². The number of fused-ring (bicyclic) bond motifs is 1. The van der Waals surface area contributed by atoms with E-state index in [0.717, 1.165) is 18.8 Å². The van der Waals surface area contributed by atoms with Crippen LogP contribution in [-0.4, -0.2) is 32.9 Å². The van der Waals surface area contributed by atoms with Crippen LogP contribution in [0.1, 0.15) is 30.4 Å². The van der Waals surface area contributed by atoms with Crippen molar-refractivity contribution in [3.63, 3.8) is 0 Å². The Hall–Kier alpha value is -2.21. The molecule has 0 fully saturated rings. The number of rotatable bonds is 5. The first-order valence-corrected chi connectivity index (χ1v) is 8.38. The molecule has 24 heavy (non-hydrogen) atoms. The molecule has 2 N–H and O–H groups in total. The molecule has 1 aromatic heterocycles. The molecular formula is C18H23FN4O. The third-order valence-electron chi connectivity index (χ3n) is 4.54. The Morgan fingerprint density at radius 2 is 2.17 bits per heavy atom. The Morgan fingerprint density at radius 3 is 2.92 bits per heavy atom. The van der Waals surface area contributed by atoms with Gasteiger partial charge in [-0.05, 0) is 24.5 Å². The van der Waals surface area contributed by atoms with Gasteiger partial charge in [0, 0.05) is 37.4 Å². The van der Waals surface area contributed by atoms with E-state index in [9.17, 15) is 9.18 Å². The van der Waals surface area contributed by atoms with E-state index in [1.165, 1.54) is 11.8 Å². The van der Waals surface area contributed by atoms with E-state index in [2.05, 4.69) is 16.5 Å². The largest absolute Gasteiger partial charge is 0.333 e. The number of imidazole rings is 1. The molecule has 5 nitrogen and oxygen atoms in total. The molecule has 3 rings (SSSR count). The Balaban J connectivity index is 1.58. The highest BCUT2D eigenvalue weighted by Gasteiger charge is 2.24. The monoisotopic (exact) mass is 330 g/mol. The van der Waals surface area contributed by atoms with Crippen LogP contribution in [0.5, 0.6) is 0 Å². The molecule has 0 saturated carbocycles. The summed E-state index contributed by atoms with van der Waals surface area (Å²) in [5.41, 5.74) is 7.82. The van der Waals surface area contributed by atoms with Crippen molar-refractivity contribution in [3.8, 4) is 0 Å². The summed E-state index contributed by atoms with van der Waals surface area (Å²) in [7, 11) is 0. The summed E-state index contributed by atoms with van der Waals surface area (Å²) < 4.78 is 15.9. The quantitative estimate of drug-likeness (QED) is 0.910. The Morgan fingerprint density at radius 1 is 1.38 bits per heavy atom. The van der Waals surface area contributed by atoms with Crippen LogP contribution in [0.25, 0.3) is 0 Å². The molecule has 0 radical (unpaired) electrons. The van der Waals surface area contributed by atoms with Crippen molar-refractivity contribution in [2.75, 3.05) is 6.54 Å². The predicted octanol–water partition coefficient (Wildman–Crippen LogP) is 1.89. The summed E-state index contributed by atoms with van der Waals surface area (Å²) in [6.07, 6.45) is 3.40. The molecule has 0 spiro atoms. The number of hydrogen-bond donors (Lipinski definition) is 1. The van der Waals surface area contributed by atoms with E-state index in [0.29, 0.717) is 25.1 Å². The van der Waals surface area contributed by atoms with Gasteiger partial charge in [-0.25, -0.2) is 9.37 Å². The standard InChI is InChI=1S/C18H23FN4O/c1-2-15-11-21-17-12-22(7-8-23(15)17)18(24)10-14(20)9-13-5-3-4-6-16(13)19/h3-6,11,14H,2,7-10,12,20H2,1H3/t14-/m1/s1. The zero-order valence-electron chi connectivity index (χ0n) is 13.9. The fourth-order valence-corrected chi connectivity index (χ4v) is 3.19. The Bertz CT molecular complexity index is 728. The lowest BCUT2D eigenvalue weighted by molar-refractivity contribution is -0.133. The number of carbonyl (C=O) groups excluding carboxylic acids is 1. The maximum Gasteiger partial charge on any atom is 0.224 e. The molecule has 1 atom stereocenters. The van der Waals surface area contributed by atoms with Gasteiger partial charge in [-0.3, -0.25) is 4.79 Å². The van der Waals surface area contributed by atoms with E-state index in [1.807, 2.05) is 6.20 Å². The Labute approximate surface area is 141 Å². The summed E-state index contributed by atoms with van der Waals surface area (Å²) in [6.45, 7) is 4.06. The molecule has 0 aliphatic carbocycles. The maximum absolute atomic E-state index is 13.7. The molecule has 1 aromatic carbocycles. The summed E-state index contributed by atoms with van der Waals surface area (Å²) in [4.78, 5) is 18.7. The second kappa shape index (κ2) is 7.13. The van der Waals surface area contributed by atoms with Crippen LogP contribution in [0.15, 0.2) is 30.5 Å². The SMILES string of the molecule is CCc1cnc2n1CCN(C(=O)C[C@H](N)Cc1ccccc1F)C2. The Kier molecular flexibility index (Phi) is 4.94. The van der Waals surface area contributed by atoms with Crippen LogP contribution in [-0.2, 0) is 30.7 Å². The van der Waals surface area contributed by atoms with Crippen LogP contribution in [0, 0.1) is 5.82 Å². The fourth-order valence-electron chi connectivity index (χ4n) is 3.19. The first kappa shape index (κ1) is 16.6. The van der Waals surface area contributed by atoms with Gasteiger partial charge >= 0.3 is 0 Å². The number of halogens is 1. The lowest BCUT2D eigenvalue weighted by atomic mass is 10.0. The van der Waals surface area contributed by atoms with Crippen LogP contribution in [0.3, 0.4) is 0 Å². The fraction of sp³-hybridized carbons (Fsp3) is 0.444. The highest BCUT2D eigenvalue weighted by Crippen LogP contribution is 2.17. The summed E-state index contributed by atoms with van der Waals surface area (Å²) in [5.74, 6) is 0.660. The van der Waals surface area contributed by atoms with Gasteiger partial charge in [0.1, 0.15) is 11.6 Å². The highest BCUT2D eigenvalue weighted by atomic mass is 19.1. The van der Waals surface area contributed by atoms with Crippen molar-refractivity contribution in [2.45, 2.75) is 45.3 Å². The zero-order valence-corrected chi connectivity index (χ0v) is 13.9. The molecule has 0 bridgehead atoms. The number of benzene rings is 1. The molecular weight excluding hydrogens is 307 g/mol. The van der Waals surface area contributed by atoms with Gasteiger partial charge in [0.15, 0.2) is 0 Å². The number of amides is 1. The lowest BCUT2D eigenvalue weighted by Crippen LogP contribution is -2.41. The highest BCUT2D eigenvalue weighted by molar-refractivity contribution is 5.76. The van der Waals surface area contributed by atoms with Crippen LogP contribution in [0.2, 0.25) is 0 Å². The first-order valence-electron chi connectivity index (χ1n) is 8.38. The lowest BCUT2D eigenvalue weighted by Gasteiger charge is -2.29. The van der Waals surface area contributed by atoms with Gasteiger partial charge in [0.05, 0.1) is 6.54 Å². The van der Waals surface area contributed by atoms with Crippen molar-refractivity contribution in [1.82, 2.24) is 14.5 Å². The normalized spacial score (nSPS) is 15.2. The molecule has 2 heterocycles. The van der Waals surface area contributed by atoms with Gasteiger partial charge in [0.2, 0.25) is 5.91 Å². The summed E-state index contributed by atoms with van der Waals surface area (Å²) in [5, 5.41) is 0. The summed E-state index contributed by atoms with van der Waals surface area (Å²) >= 11 is 0. The number of nitrogens with two attached hydrogens (primary N) is 1. The molecule has 2 aromatic rings. The van der Waals surface area contributed by atoms with E-state index in [4.69, 9.17) is 5.73 Å². The van der Waals surface area contributed by atoms with Gasteiger partial charge in [0.25, 0.3) is 0 Å². The molecule has 6 heteroatoms. The average molecular weight is 330 g/mol. The average Bonchev–Trinajstić information content (AvgIpc) is 2.99. The second-order valence-electron chi connectivity index (χ2n) is 6.25. The van der Waals surface area contributed by atoms with Gasteiger partial charge in [-0.2, -0.15) is 0 Å². The first-order chi connectivity index (χ1) is 11.6. The number of aromatic nitrogens is 2. The molecule has 0 saturated heterocycles. The maximum atomic E-state index is 13.7. The minimum absolute atomic E-state index is 0.00568. The van der Waals surface area contributed by atoms with Crippen molar-refractivity contribution >= 4 is 5.91 Å². The number of carbonyl (C=O) groups is 1. The predicted molar refractivity (Wildman–Crippen MR) is 89.7 cm³/mol. The number of nitrogens with zero attached hydrogens (tertiary/aromatic N) is 3. The van der Waals surface area contributed by atoms with Crippen molar-refractivity contribution in [1.29, 1.82) is 0 Å². The number of aryl methyl sites for hydroxylation is 1. The second-order valence-corrected chi connectivity index (χ2v) is 6.25. The third kappa shape index (κ3) is 3.48. The zero-order chi connectivity index (χ0) is 17.1. The van der Waals surface area contributed by atoms with Crippen molar-refractivity contribution in [2.24, 2.45) is 5.73 Å². The van der Waals surface area contributed by atoms with Crippen molar-refractivity contribution in [3.05, 3.63) is 53.4 Å². The molecule has 128 valence electrons. The molecule has 1 amide bonds. The van der Waals surface area contributed by atoms with Crippen LogP contribution >= 0.6 is 0 Å². The van der Waals surface area contributed by atoms with E-state index in [-0.39, 0.29) is 24.2 Å². The van der Waals surface area contributed by atoms with Gasteiger partial charge in [-0.1, -0.05) is 25.1 Å². The minimum Gasteiger partial charge on any atom is -0.333 e. The number of hydrogen-bond acceptors (Lipinski definition) is 3.